The van der Waals surface area contributed by atoms with Gasteiger partial charge in [-0.3, -0.25) is 4.79 Å². The maximum Gasteiger partial charge on any atom is 0.344 e. The minimum Gasteiger partial charge on any atom is -0.493 e. The summed E-state index contributed by atoms with van der Waals surface area (Å²) >= 11 is 2.04. The molecule has 1 aromatic heterocycles. The Labute approximate surface area is 208 Å². The maximum atomic E-state index is 13.3. The van der Waals surface area contributed by atoms with Crippen molar-refractivity contribution in [3.63, 3.8) is 0 Å². The Kier molecular flexibility index (Phi) is 6.92. The summed E-state index contributed by atoms with van der Waals surface area (Å²) in [7, 11) is 1.47. The smallest absolute Gasteiger partial charge is 0.344 e. The van der Waals surface area contributed by atoms with E-state index in [0.717, 1.165) is 5.56 Å². The third-order valence-electron chi connectivity index (χ3n) is 5.00. The highest BCUT2D eigenvalue weighted by atomic mass is 127. The molecule has 9 heteroatoms. The molecule has 3 aromatic carbocycles. The van der Waals surface area contributed by atoms with Crippen molar-refractivity contribution < 1.29 is 19.4 Å². The molecule has 0 aliphatic heterocycles. The maximum absolute atomic E-state index is 13.3. The van der Waals surface area contributed by atoms with Crippen LogP contribution in [0.3, 0.4) is 0 Å². The molecule has 172 valence electrons. The van der Waals surface area contributed by atoms with Crippen LogP contribution in [0.1, 0.15) is 12.5 Å². The van der Waals surface area contributed by atoms with Gasteiger partial charge in [-0.2, -0.15) is 9.78 Å². The Balaban J connectivity index is 1.81. The number of halogens is 1. The third kappa shape index (κ3) is 4.79. The van der Waals surface area contributed by atoms with E-state index < -0.39 is 12.1 Å². The zero-order valence-electron chi connectivity index (χ0n) is 18.3. The number of hydrogen-bond acceptors (Lipinski definition) is 6. The first-order valence-electron chi connectivity index (χ1n) is 10.3. The van der Waals surface area contributed by atoms with Gasteiger partial charge in [-0.15, -0.1) is 0 Å². The quantitative estimate of drug-likeness (QED) is 0.261. The number of rotatable bonds is 7. The van der Waals surface area contributed by atoms with Crippen molar-refractivity contribution in [1.82, 2.24) is 9.66 Å². The number of carboxylic acids is 1. The van der Waals surface area contributed by atoms with Gasteiger partial charge in [-0.25, -0.2) is 9.78 Å². The number of para-hydroxylation sites is 1. The minimum atomic E-state index is -1.08. The minimum absolute atomic E-state index is 0.294. The van der Waals surface area contributed by atoms with Gasteiger partial charge in [-0.05, 0) is 59.3 Å². The Morgan fingerprint density at radius 1 is 1.15 bits per heavy atom. The molecule has 0 bridgehead atoms. The molecule has 0 spiro atoms. The molecule has 4 aromatic rings. The monoisotopic (exact) mass is 569 g/mol. The lowest BCUT2D eigenvalue weighted by atomic mass is 10.2. The molecule has 0 amide bonds. The number of hydrogen-bond donors (Lipinski definition) is 1. The van der Waals surface area contributed by atoms with Gasteiger partial charge in [0.15, 0.2) is 23.4 Å². The van der Waals surface area contributed by atoms with E-state index in [2.05, 4.69) is 10.1 Å². The van der Waals surface area contributed by atoms with Gasteiger partial charge in [0, 0.05) is 5.56 Å². The van der Waals surface area contributed by atoms with Crippen molar-refractivity contribution in [2.45, 2.75) is 13.0 Å². The SMILES string of the molecule is COc1cc(C=Nn2c(-c3ccccc3)nc3ccccc3c2=O)cc(I)c1O[C@@H](C)C(=O)O. The fraction of sp³-hybridized carbons (Fsp3) is 0.120. The summed E-state index contributed by atoms with van der Waals surface area (Å²) in [5, 5.41) is 14.1. The Hall–Kier alpha value is -3.73. The standard InChI is InChI=1S/C25H20IN3O5/c1-15(25(31)32)34-22-19(26)12-16(13-21(22)33-2)14-27-29-23(17-8-4-3-5-9-17)28-20-11-7-6-10-18(20)24(29)30/h3-15H,1-2H3,(H,31,32)/t15-/m0/s1. The summed E-state index contributed by atoms with van der Waals surface area (Å²) in [6, 6.07) is 19.9. The van der Waals surface area contributed by atoms with Gasteiger partial charge >= 0.3 is 5.97 Å². The van der Waals surface area contributed by atoms with E-state index in [1.54, 1.807) is 30.3 Å². The Bertz CT molecular complexity index is 1450. The van der Waals surface area contributed by atoms with E-state index in [-0.39, 0.29) is 5.56 Å². The van der Waals surface area contributed by atoms with Crippen molar-refractivity contribution in [2.24, 2.45) is 5.10 Å². The molecule has 0 radical (unpaired) electrons. The molecule has 0 aliphatic carbocycles. The van der Waals surface area contributed by atoms with Gasteiger partial charge in [0.05, 0.1) is 27.8 Å². The van der Waals surface area contributed by atoms with E-state index in [9.17, 15) is 9.59 Å². The second-order valence-corrected chi connectivity index (χ2v) is 8.47. The molecule has 34 heavy (non-hydrogen) atoms. The van der Waals surface area contributed by atoms with Crippen LogP contribution in [0.25, 0.3) is 22.3 Å². The molecule has 1 N–H and O–H groups in total. The predicted octanol–water partition coefficient (Wildman–Crippen LogP) is 4.41. The first kappa shape index (κ1) is 23.4. The second kappa shape index (κ2) is 10.0. The number of methoxy groups -OCH3 is 1. The van der Waals surface area contributed by atoms with Crippen LogP contribution in [-0.4, -0.2) is 40.2 Å². The average Bonchev–Trinajstić information content (AvgIpc) is 2.85. The van der Waals surface area contributed by atoms with Crippen molar-refractivity contribution in [2.75, 3.05) is 7.11 Å². The fourth-order valence-electron chi connectivity index (χ4n) is 3.29. The Morgan fingerprint density at radius 3 is 2.56 bits per heavy atom. The number of aromatic nitrogens is 2. The number of nitrogens with zero attached hydrogens (tertiary/aromatic N) is 3. The molecule has 1 atom stereocenters. The van der Waals surface area contributed by atoms with Crippen molar-refractivity contribution in [3.05, 3.63) is 86.2 Å². The lowest BCUT2D eigenvalue weighted by Crippen LogP contribution is -2.23. The highest BCUT2D eigenvalue weighted by Gasteiger charge is 2.19. The summed E-state index contributed by atoms with van der Waals surface area (Å²) in [5.41, 5.74) is 1.68. The van der Waals surface area contributed by atoms with Crippen LogP contribution in [0.15, 0.2) is 76.6 Å². The van der Waals surface area contributed by atoms with Gasteiger partial charge in [-0.1, -0.05) is 42.5 Å². The van der Waals surface area contributed by atoms with Gasteiger partial charge in [0.2, 0.25) is 0 Å². The summed E-state index contributed by atoms with van der Waals surface area (Å²) in [6.45, 7) is 1.44. The summed E-state index contributed by atoms with van der Waals surface area (Å²) < 4.78 is 12.9. The molecule has 8 nitrogen and oxygen atoms in total. The van der Waals surface area contributed by atoms with Crippen LogP contribution < -0.4 is 15.0 Å². The van der Waals surface area contributed by atoms with E-state index in [1.165, 1.54) is 24.9 Å². The van der Waals surface area contributed by atoms with Crippen molar-refractivity contribution in [3.8, 4) is 22.9 Å². The second-order valence-electron chi connectivity index (χ2n) is 7.31. The molecule has 0 fully saturated rings. The molecule has 4 rings (SSSR count). The van der Waals surface area contributed by atoms with E-state index >= 15 is 0 Å². The number of ether oxygens (including phenoxy) is 2. The number of carboxylic acid groups (broad SMARTS) is 1. The van der Waals surface area contributed by atoms with Crippen LogP contribution in [0, 0.1) is 3.57 Å². The molecule has 0 saturated heterocycles. The number of carbonyl (C=O) groups is 1. The van der Waals surface area contributed by atoms with Crippen LogP contribution in [0.4, 0.5) is 0 Å². The van der Waals surface area contributed by atoms with Gasteiger partial charge in [0.25, 0.3) is 5.56 Å². The molecule has 0 aliphatic rings. The summed E-state index contributed by atoms with van der Waals surface area (Å²) in [4.78, 5) is 29.1. The molecule has 1 heterocycles. The van der Waals surface area contributed by atoms with E-state index in [1.807, 2.05) is 59.0 Å². The fourth-order valence-corrected chi connectivity index (χ4v) is 4.04. The number of benzene rings is 3. The first-order valence-corrected chi connectivity index (χ1v) is 11.4. The van der Waals surface area contributed by atoms with Crippen LogP contribution in [-0.2, 0) is 4.79 Å². The predicted molar refractivity (Wildman–Crippen MR) is 138 cm³/mol. The summed E-state index contributed by atoms with van der Waals surface area (Å²) in [6.07, 6.45) is 0.483. The van der Waals surface area contributed by atoms with Crippen LogP contribution in [0.5, 0.6) is 11.5 Å². The first-order chi connectivity index (χ1) is 16.4. The van der Waals surface area contributed by atoms with Crippen molar-refractivity contribution in [1.29, 1.82) is 0 Å². The zero-order valence-corrected chi connectivity index (χ0v) is 20.5. The Morgan fingerprint density at radius 2 is 1.85 bits per heavy atom. The van der Waals surface area contributed by atoms with Crippen LogP contribution >= 0.6 is 22.6 Å². The number of fused-ring (bicyclic) bond motifs is 1. The summed E-state index contributed by atoms with van der Waals surface area (Å²) in [5.74, 6) is 0.0101. The average molecular weight is 569 g/mol. The molecular formula is C25H20IN3O5. The highest BCUT2D eigenvalue weighted by molar-refractivity contribution is 14.1. The number of aliphatic carboxylic acids is 1. The molecular weight excluding hydrogens is 549 g/mol. The third-order valence-corrected chi connectivity index (χ3v) is 5.80. The molecule has 0 unspecified atom stereocenters. The van der Waals surface area contributed by atoms with Crippen LogP contribution in [0.2, 0.25) is 0 Å². The lowest BCUT2D eigenvalue weighted by molar-refractivity contribution is -0.144. The zero-order chi connectivity index (χ0) is 24.2. The van der Waals surface area contributed by atoms with Gasteiger partial charge < -0.3 is 14.6 Å². The van der Waals surface area contributed by atoms with E-state index in [4.69, 9.17) is 14.6 Å². The van der Waals surface area contributed by atoms with E-state index in [0.29, 0.717) is 37.4 Å². The van der Waals surface area contributed by atoms with Gasteiger partial charge in [0.1, 0.15) is 0 Å². The molecule has 0 saturated carbocycles. The highest BCUT2D eigenvalue weighted by Crippen LogP contribution is 2.34. The normalized spacial score (nSPS) is 12.1. The lowest BCUT2D eigenvalue weighted by Gasteiger charge is -2.16. The largest absolute Gasteiger partial charge is 0.493 e. The van der Waals surface area contributed by atoms with Crippen molar-refractivity contribution >= 4 is 45.7 Å². The topological polar surface area (TPSA) is 103 Å².